The van der Waals surface area contributed by atoms with E-state index >= 15 is 0 Å². The average Bonchev–Trinajstić information content (AvgIpc) is 4.03. The molecule has 64 heavy (non-hydrogen) atoms. The molecule has 0 atom stereocenters. The maximum absolute atomic E-state index is 13.9. The van der Waals surface area contributed by atoms with Gasteiger partial charge in [0.15, 0.2) is 0 Å². The van der Waals surface area contributed by atoms with Gasteiger partial charge in [-0.3, -0.25) is 18.2 Å². The molecule has 0 aliphatic carbocycles. The van der Waals surface area contributed by atoms with Crippen molar-refractivity contribution in [2.24, 2.45) is 20.0 Å². The third-order valence-electron chi connectivity index (χ3n) is 10.2. The molecule has 0 spiro atoms. The second-order valence-electron chi connectivity index (χ2n) is 14.3. The number of hydrogen-bond acceptors (Lipinski definition) is 12. The Morgan fingerprint density at radius 1 is 0.359 bits per heavy atom. The van der Waals surface area contributed by atoms with Crippen LogP contribution in [0.2, 0.25) is 0 Å². The molecule has 9 rings (SSSR count). The fraction of sp³-hybridized carbons (Fsp3) is 0. The molecule has 0 saturated carbocycles. The molecule has 4 aromatic carbocycles. The summed E-state index contributed by atoms with van der Waals surface area (Å²) < 4.78 is 151. The Morgan fingerprint density at radius 2 is 0.812 bits per heavy atom. The van der Waals surface area contributed by atoms with E-state index in [0.717, 1.165) is 6.08 Å². The van der Waals surface area contributed by atoms with E-state index in [1.807, 2.05) is 42.5 Å². The minimum Gasteiger partial charge on any atom is -0.282 e. The van der Waals surface area contributed by atoms with Crippen molar-refractivity contribution < 1.29 is 51.9 Å². The van der Waals surface area contributed by atoms with Gasteiger partial charge in [0.25, 0.3) is 40.5 Å². The van der Waals surface area contributed by atoms with Gasteiger partial charge in [0.2, 0.25) is 0 Å². The number of nitrogens with zero attached hydrogens (tertiary/aromatic N) is 4. The standard InChI is InChI=1S/C44H28N4O12S4/c49-61(50,51)41-32-24-30-22-21-29(45-30)23-31-33(25-13-5-1-6-14-25)34(26-15-7-2-8-16-26)37(46-31)35(27-17-9-3-10-18-27)38-36(28-19-11-4-12-20-28)42(62(52,53)54)39(48-38)43(63(55,56)57)40(47-32)44(41)64(58,59)60/h1-24H,(H,49,50,51)(H,52,53,54)(H,55,56,57)(H,58,59,60). The summed E-state index contributed by atoms with van der Waals surface area (Å²) >= 11 is 0. The summed E-state index contributed by atoms with van der Waals surface area (Å²) in [7, 11) is -23.6. The zero-order chi connectivity index (χ0) is 45.3. The van der Waals surface area contributed by atoms with Crippen molar-refractivity contribution >= 4 is 85.6 Å². The molecule has 5 heterocycles. The molecule has 0 saturated heterocycles. The summed E-state index contributed by atoms with van der Waals surface area (Å²) in [5, 5.41) is 0. The van der Waals surface area contributed by atoms with Crippen LogP contribution in [0.1, 0.15) is 22.3 Å². The molecule has 5 aliphatic heterocycles. The van der Waals surface area contributed by atoms with Crippen LogP contribution in [0.15, 0.2) is 208 Å². The molecular weight excluding hydrogens is 905 g/mol. The summed E-state index contributed by atoms with van der Waals surface area (Å²) in [4.78, 5) is 11.6. The van der Waals surface area contributed by atoms with Crippen LogP contribution in [-0.4, -0.2) is 74.7 Å². The first-order chi connectivity index (χ1) is 30.3. The summed E-state index contributed by atoms with van der Waals surface area (Å²) in [5.41, 5.74) is -1.61. The van der Waals surface area contributed by atoms with Gasteiger partial charge < -0.3 is 0 Å². The average molecular weight is 933 g/mol. The molecule has 8 bridgehead atoms. The first-order valence-corrected chi connectivity index (χ1v) is 24.4. The highest BCUT2D eigenvalue weighted by atomic mass is 32.2. The van der Waals surface area contributed by atoms with Crippen molar-refractivity contribution in [3.63, 3.8) is 0 Å². The van der Waals surface area contributed by atoms with Crippen LogP contribution in [0.3, 0.4) is 0 Å². The molecule has 0 fully saturated rings. The van der Waals surface area contributed by atoms with Gasteiger partial charge in [-0.15, -0.1) is 0 Å². The van der Waals surface area contributed by atoms with Gasteiger partial charge in [0.1, 0.15) is 31.0 Å². The van der Waals surface area contributed by atoms with E-state index in [9.17, 15) is 51.9 Å². The maximum atomic E-state index is 13.9. The lowest BCUT2D eigenvalue weighted by atomic mass is 9.85. The van der Waals surface area contributed by atoms with Crippen molar-refractivity contribution in [3.05, 3.63) is 210 Å². The number of benzene rings is 4. The summed E-state index contributed by atoms with van der Waals surface area (Å²) in [6.07, 6.45) is 5.31. The first-order valence-electron chi connectivity index (χ1n) is 18.6. The van der Waals surface area contributed by atoms with Gasteiger partial charge in [-0.1, -0.05) is 121 Å². The van der Waals surface area contributed by atoms with E-state index in [0.29, 0.717) is 33.5 Å². The number of allylic oxidation sites excluding steroid dienone is 11. The summed E-state index contributed by atoms with van der Waals surface area (Å²) in [6, 6.07) is 33.8. The largest absolute Gasteiger partial charge is 0.298 e. The molecular formula is C44H28N4O12S4. The van der Waals surface area contributed by atoms with Crippen molar-refractivity contribution in [1.29, 1.82) is 0 Å². The van der Waals surface area contributed by atoms with Gasteiger partial charge in [-0.05, 0) is 46.6 Å². The lowest BCUT2D eigenvalue weighted by molar-refractivity contribution is 0.485. The van der Waals surface area contributed by atoms with Crippen LogP contribution in [0.5, 0.6) is 0 Å². The lowest BCUT2D eigenvalue weighted by Gasteiger charge is -2.17. The molecule has 0 unspecified atom stereocenters. The van der Waals surface area contributed by atoms with Crippen molar-refractivity contribution in [3.8, 4) is 0 Å². The maximum Gasteiger partial charge on any atom is 0.298 e. The second-order valence-corrected chi connectivity index (χ2v) is 19.7. The Morgan fingerprint density at radius 3 is 1.30 bits per heavy atom. The smallest absolute Gasteiger partial charge is 0.282 e. The number of aliphatic imine (C=N–C) groups is 4. The number of fused-ring (bicyclic) bond motifs is 4. The van der Waals surface area contributed by atoms with Gasteiger partial charge in [0.05, 0.1) is 34.2 Å². The Hall–Kier alpha value is -6.88. The molecule has 320 valence electrons. The fourth-order valence-electron chi connectivity index (χ4n) is 7.82. The molecule has 4 aromatic rings. The Labute approximate surface area is 365 Å². The molecule has 20 heteroatoms. The third-order valence-corrected chi connectivity index (χ3v) is 14.0. The Kier molecular flexibility index (Phi) is 10.2. The van der Waals surface area contributed by atoms with Crippen LogP contribution in [0, 0.1) is 0 Å². The molecule has 0 aromatic heterocycles. The highest BCUT2D eigenvalue weighted by Gasteiger charge is 2.47. The van der Waals surface area contributed by atoms with Gasteiger partial charge in [0, 0.05) is 22.3 Å². The zero-order valence-electron chi connectivity index (χ0n) is 32.3. The van der Waals surface area contributed by atoms with E-state index in [1.54, 1.807) is 60.7 Å². The minimum atomic E-state index is -6.06. The molecule has 0 radical (unpaired) electrons. The van der Waals surface area contributed by atoms with Crippen LogP contribution in [0.25, 0.3) is 22.3 Å². The zero-order valence-corrected chi connectivity index (χ0v) is 35.6. The Bertz CT molecular complexity index is 3640. The number of hydrogen-bond donors (Lipinski definition) is 4. The van der Waals surface area contributed by atoms with Gasteiger partial charge in [-0.25, -0.2) is 20.0 Å². The second kappa shape index (κ2) is 15.4. The minimum absolute atomic E-state index is 0.000820. The van der Waals surface area contributed by atoms with E-state index in [1.165, 1.54) is 36.4 Å². The predicted octanol–water partition coefficient (Wildman–Crippen LogP) is 6.55. The van der Waals surface area contributed by atoms with Crippen molar-refractivity contribution in [1.82, 2.24) is 0 Å². The summed E-state index contributed by atoms with van der Waals surface area (Å²) in [6.45, 7) is 0. The SMILES string of the molecule is O=S(=O)(O)C1=C2N=C(C=C3C=CC(=N3)C=C3N=C(C(c4ccccc4)=C4N=C1C(S(=O)(=O)O)=C4c1ccccc1)C(c1ccccc1)=C3c1ccccc1)C(S(=O)(=O)O)=C2S(=O)(=O)O. The Balaban J connectivity index is 1.59. The van der Waals surface area contributed by atoms with E-state index < -0.39 is 82.8 Å². The fourth-order valence-corrected chi connectivity index (χ4v) is 11.7. The monoisotopic (exact) mass is 932 g/mol. The van der Waals surface area contributed by atoms with Crippen LogP contribution in [0.4, 0.5) is 0 Å². The first kappa shape index (κ1) is 42.4. The predicted molar refractivity (Wildman–Crippen MR) is 242 cm³/mol. The van der Waals surface area contributed by atoms with Crippen LogP contribution in [-0.2, 0) is 40.5 Å². The van der Waals surface area contributed by atoms with Crippen molar-refractivity contribution in [2.75, 3.05) is 0 Å². The van der Waals surface area contributed by atoms with Crippen molar-refractivity contribution in [2.45, 2.75) is 0 Å². The van der Waals surface area contributed by atoms with Gasteiger partial charge in [-0.2, -0.15) is 33.7 Å². The van der Waals surface area contributed by atoms with Crippen LogP contribution < -0.4 is 0 Å². The highest BCUT2D eigenvalue weighted by Crippen LogP contribution is 2.49. The van der Waals surface area contributed by atoms with E-state index in [-0.39, 0.29) is 34.0 Å². The van der Waals surface area contributed by atoms with Gasteiger partial charge >= 0.3 is 0 Å². The molecule has 4 N–H and O–H groups in total. The molecule has 0 amide bonds. The number of rotatable bonds is 8. The lowest BCUT2D eigenvalue weighted by Crippen LogP contribution is -2.22. The third kappa shape index (κ3) is 7.56. The van der Waals surface area contributed by atoms with E-state index in [4.69, 9.17) is 4.99 Å². The quantitative estimate of drug-likeness (QED) is 0.137. The highest BCUT2D eigenvalue weighted by molar-refractivity contribution is 7.95. The molecule has 16 nitrogen and oxygen atoms in total. The topological polar surface area (TPSA) is 267 Å². The summed E-state index contributed by atoms with van der Waals surface area (Å²) in [5.74, 6) is 0. The molecule has 5 aliphatic rings. The van der Waals surface area contributed by atoms with E-state index in [2.05, 4.69) is 15.0 Å². The van der Waals surface area contributed by atoms with Crippen LogP contribution >= 0.6 is 0 Å². The normalized spacial score (nSPS) is 18.1.